The molecule has 0 aliphatic heterocycles. The monoisotopic (exact) mass is 316 g/mol. The molecule has 0 amide bonds. The minimum absolute atomic E-state index is 0. The molecule has 5 nitrogen and oxygen atoms in total. The predicted octanol–water partition coefficient (Wildman–Crippen LogP) is 3.17. The summed E-state index contributed by atoms with van der Waals surface area (Å²) < 4.78 is 5.23. The van der Waals surface area contributed by atoms with E-state index in [1.807, 2.05) is 30.5 Å². The molecule has 0 aliphatic carbocycles. The lowest BCUT2D eigenvalue weighted by Gasteiger charge is -2.11. The fourth-order valence-corrected chi connectivity index (χ4v) is 2.43. The van der Waals surface area contributed by atoms with Crippen LogP contribution in [0.1, 0.15) is 25.5 Å². The van der Waals surface area contributed by atoms with E-state index in [0.29, 0.717) is 24.4 Å². The summed E-state index contributed by atoms with van der Waals surface area (Å²) in [5.74, 6) is -0.113. The number of aromatic nitrogens is 1. The van der Waals surface area contributed by atoms with Gasteiger partial charge >= 0.3 is 5.97 Å². The molecule has 2 aromatic heterocycles. The fourth-order valence-electron chi connectivity index (χ4n) is 1.76. The quantitative estimate of drug-likeness (QED) is 0.820. The molecular formula is C13H17ClN2O3S. The van der Waals surface area contributed by atoms with Crippen molar-refractivity contribution >= 4 is 29.7 Å². The van der Waals surface area contributed by atoms with E-state index in [1.165, 1.54) is 0 Å². The molecule has 0 bridgehead atoms. The van der Waals surface area contributed by atoms with Crippen molar-refractivity contribution in [3.05, 3.63) is 29.3 Å². The zero-order valence-corrected chi connectivity index (χ0v) is 12.7. The summed E-state index contributed by atoms with van der Waals surface area (Å²) in [6.07, 6.45) is 1.42. The van der Waals surface area contributed by atoms with E-state index in [-0.39, 0.29) is 12.4 Å². The number of nitrogens with zero attached hydrogens (tertiary/aromatic N) is 1. The van der Waals surface area contributed by atoms with Crippen molar-refractivity contribution in [1.29, 1.82) is 0 Å². The van der Waals surface area contributed by atoms with Crippen LogP contribution in [0, 0.1) is 0 Å². The number of carboxylic acid groups (broad SMARTS) is 1. The highest BCUT2D eigenvalue weighted by Crippen LogP contribution is 2.25. The van der Waals surface area contributed by atoms with Gasteiger partial charge in [-0.25, -0.2) is 0 Å². The Morgan fingerprint density at radius 1 is 1.60 bits per heavy atom. The van der Waals surface area contributed by atoms with Gasteiger partial charge in [-0.15, -0.1) is 23.7 Å². The maximum Gasteiger partial charge on any atom is 0.320 e. The summed E-state index contributed by atoms with van der Waals surface area (Å²) >= 11 is 1.58. The average Bonchev–Trinajstić information content (AvgIpc) is 3.04. The third-order valence-electron chi connectivity index (χ3n) is 2.73. The Hall–Kier alpha value is -1.37. The van der Waals surface area contributed by atoms with Crippen LogP contribution >= 0.6 is 23.7 Å². The standard InChI is InChI=1S/C13H16N2O3S.ClH/c1-2-4-10(13(16)17)14-8-9-7-11(18-15-9)12-5-3-6-19-12;/h3,5-7,10,14H,2,4,8H2,1H3,(H,16,17);1H. The van der Waals surface area contributed by atoms with Crippen molar-refractivity contribution in [2.75, 3.05) is 0 Å². The second kappa shape index (κ2) is 8.04. The van der Waals surface area contributed by atoms with E-state index in [4.69, 9.17) is 9.63 Å². The van der Waals surface area contributed by atoms with Gasteiger partial charge in [-0.3, -0.25) is 10.1 Å². The Morgan fingerprint density at radius 2 is 2.40 bits per heavy atom. The summed E-state index contributed by atoms with van der Waals surface area (Å²) in [6, 6.07) is 5.21. The van der Waals surface area contributed by atoms with Gasteiger partial charge in [-0.1, -0.05) is 24.6 Å². The normalized spacial score (nSPS) is 11.8. The lowest BCUT2D eigenvalue weighted by atomic mass is 10.1. The Balaban J connectivity index is 0.00000200. The molecule has 2 heterocycles. The van der Waals surface area contributed by atoms with Crippen molar-refractivity contribution in [3.8, 4) is 10.6 Å². The fraction of sp³-hybridized carbons (Fsp3) is 0.385. The Bertz CT molecular complexity index is 527. The molecule has 0 saturated carbocycles. The number of halogens is 1. The summed E-state index contributed by atoms with van der Waals surface area (Å²) in [6.45, 7) is 2.36. The maximum atomic E-state index is 11.0. The van der Waals surface area contributed by atoms with Crippen LogP contribution in [0.4, 0.5) is 0 Å². The summed E-state index contributed by atoms with van der Waals surface area (Å²) in [4.78, 5) is 12.0. The first kappa shape index (κ1) is 16.7. The summed E-state index contributed by atoms with van der Waals surface area (Å²) in [5, 5.41) is 17.9. The van der Waals surface area contributed by atoms with Crippen LogP contribution in [0.25, 0.3) is 10.6 Å². The number of hydrogen-bond acceptors (Lipinski definition) is 5. The molecule has 110 valence electrons. The number of nitrogens with one attached hydrogen (secondary N) is 1. The molecule has 0 radical (unpaired) electrons. The number of aliphatic carboxylic acids is 1. The molecule has 7 heteroatoms. The zero-order chi connectivity index (χ0) is 13.7. The van der Waals surface area contributed by atoms with Crippen molar-refractivity contribution in [2.45, 2.75) is 32.4 Å². The smallest absolute Gasteiger partial charge is 0.320 e. The summed E-state index contributed by atoms with van der Waals surface area (Å²) in [5.41, 5.74) is 0.714. The number of carbonyl (C=O) groups is 1. The molecule has 20 heavy (non-hydrogen) atoms. The van der Waals surface area contributed by atoms with Gasteiger partial charge in [0.25, 0.3) is 0 Å². The van der Waals surface area contributed by atoms with E-state index in [9.17, 15) is 4.79 Å². The van der Waals surface area contributed by atoms with Gasteiger partial charge < -0.3 is 9.63 Å². The largest absolute Gasteiger partial charge is 0.480 e. The minimum Gasteiger partial charge on any atom is -0.480 e. The topological polar surface area (TPSA) is 75.4 Å². The van der Waals surface area contributed by atoms with Gasteiger partial charge in [-0.2, -0.15) is 0 Å². The Morgan fingerprint density at radius 3 is 3.00 bits per heavy atom. The van der Waals surface area contributed by atoms with Crippen LogP contribution < -0.4 is 5.32 Å². The van der Waals surface area contributed by atoms with E-state index in [0.717, 1.165) is 11.3 Å². The third-order valence-corrected chi connectivity index (χ3v) is 3.61. The maximum absolute atomic E-state index is 11.0. The van der Waals surface area contributed by atoms with Crippen LogP contribution in [-0.2, 0) is 11.3 Å². The van der Waals surface area contributed by atoms with Gasteiger partial charge in [0.05, 0.1) is 10.6 Å². The van der Waals surface area contributed by atoms with Crippen LogP contribution in [-0.4, -0.2) is 22.3 Å². The van der Waals surface area contributed by atoms with Crippen molar-refractivity contribution in [2.24, 2.45) is 0 Å². The van der Waals surface area contributed by atoms with Gasteiger partial charge in [0.1, 0.15) is 6.04 Å². The summed E-state index contributed by atoms with van der Waals surface area (Å²) in [7, 11) is 0. The molecule has 0 spiro atoms. The SMILES string of the molecule is CCCC(NCc1cc(-c2cccs2)on1)C(=O)O.Cl. The lowest BCUT2D eigenvalue weighted by Crippen LogP contribution is -2.36. The molecular weight excluding hydrogens is 300 g/mol. The first-order valence-corrected chi connectivity index (χ1v) is 7.04. The molecule has 0 aromatic carbocycles. The van der Waals surface area contributed by atoms with Crippen molar-refractivity contribution in [3.63, 3.8) is 0 Å². The van der Waals surface area contributed by atoms with Crippen molar-refractivity contribution < 1.29 is 14.4 Å². The Labute approximate surface area is 127 Å². The van der Waals surface area contributed by atoms with E-state index in [1.54, 1.807) is 11.3 Å². The highest BCUT2D eigenvalue weighted by atomic mass is 35.5. The molecule has 2 N–H and O–H groups in total. The number of carboxylic acids is 1. The number of rotatable bonds is 7. The second-order valence-corrected chi connectivity index (χ2v) is 5.17. The third kappa shape index (κ3) is 4.33. The van der Waals surface area contributed by atoms with Gasteiger partial charge in [0, 0.05) is 12.6 Å². The van der Waals surface area contributed by atoms with Crippen LogP contribution in [0.3, 0.4) is 0 Å². The van der Waals surface area contributed by atoms with E-state index < -0.39 is 12.0 Å². The molecule has 2 aromatic rings. The first-order valence-electron chi connectivity index (χ1n) is 6.16. The number of thiophene rings is 1. The highest BCUT2D eigenvalue weighted by Gasteiger charge is 2.16. The molecule has 0 aliphatic rings. The van der Waals surface area contributed by atoms with Crippen LogP contribution in [0.5, 0.6) is 0 Å². The number of hydrogen-bond donors (Lipinski definition) is 2. The zero-order valence-electron chi connectivity index (χ0n) is 11.0. The highest BCUT2D eigenvalue weighted by molar-refractivity contribution is 7.13. The minimum atomic E-state index is -0.830. The molecule has 1 unspecified atom stereocenters. The molecule has 1 atom stereocenters. The van der Waals surface area contributed by atoms with E-state index in [2.05, 4.69) is 10.5 Å². The van der Waals surface area contributed by atoms with Gasteiger partial charge in [-0.05, 0) is 17.9 Å². The molecule has 2 rings (SSSR count). The molecule has 0 saturated heterocycles. The van der Waals surface area contributed by atoms with Crippen LogP contribution in [0.15, 0.2) is 28.1 Å². The van der Waals surface area contributed by atoms with Crippen LogP contribution in [0.2, 0.25) is 0 Å². The van der Waals surface area contributed by atoms with Crippen molar-refractivity contribution in [1.82, 2.24) is 10.5 Å². The average molecular weight is 317 g/mol. The van der Waals surface area contributed by atoms with Gasteiger partial charge in [0.2, 0.25) is 0 Å². The second-order valence-electron chi connectivity index (χ2n) is 4.22. The first-order chi connectivity index (χ1) is 9.20. The van der Waals surface area contributed by atoms with E-state index >= 15 is 0 Å². The van der Waals surface area contributed by atoms with Gasteiger partial charge in [0.15, 0.2) is 5.76 Å². The molecule has 0 fully saturated rings. The Kier molecular flexibility index (Phi) is 6.70. The lowest BCUT2D eigenvalue weighted by molar-refractivity contribution is -0.139. The predicted molar refractivity (Wildman–Crippen MR) is 80.2 cm³/mol.